The second kappa shape index (κ2) is 15.4. The second-order valence-corrected chi connectivity index (χ2v) is 11.4. The van der Waals surface area contributed by atoms with Crippen LogP contribution in [0.4, 0.5) is 0 Å². The minimum absolute atomic E-state index is 0.00417. The molecule has 0 spiro atoms. The van der Waals surface area contributed by atoms with Gasteiger partial charge in [-0.2, -0.15) is 5.26 Å². The fraction of sp³-hybridized carbons (Fsp3) is 0.273. The topological polar surface area (TPSA) is 237 Å². The van der Waals surface area contributed by atoms with Crippen molar-refractivity contribution in [2.45, 2.75) is 45.3 Å². The molecule has 0 bridgehead atoms. The zero-order valence-corrected chi connectivity index (χ0v) is 26.5. The van der Waals surface area contributed by atoms with Crippen molar-refractivity contribution in [3.05, 3.63) is 89.0 Å². The highest BCUT2D eigenvalue weighted by Gasteiger charge is 2.30. The van der Waals surface area contributed by atoms with Gasteiger partial charge in [0.1, 0.15) is 29.2 Å². The molecule has 0 radical (unpaired) electrons. The Hall–Kier alpha value is -6.14. The van der Waals surface area contributed by atoms with E-state index in [0.29, 0.717) is 22.2 Å². The molecular formula is C33H35N9O6. The molecule has 4 rings (SSSR count). The summed E-state index contributed by atoms with van der Waals surface area (Å²) in [5, 5.41) is 25.5. The highest BCUT2D eigenvalue weighted by Crippen LogP contribution is 2.22. The fourth-order valence-corrected chi connectivity index (χ4v) is 4.68. The number of aromatic nitrogens is 3. The summed E-state index contributed by atoms with van der Waals surface area (Å²) in [6.07, 6.45) is -0.00417. The van der Waals surface area contributed by atoms with Crippen molar-refractivity contribution in [1.82, 2.24) is 31.1 Å². The number of ketones is 1. The number of nitrogens with zero attached hydrogens (tertiary/aromatic N) is 4. The van der Waals surface area contributed by atoms with E-state index in [-0.39, 0.29) is 29.1 Å². The van der Waals surface area contributed by atoms with Crippen LogP contribution in [0.15, 0.2) is 66.7 Å². The average Bonchev–Trinajstić information content (AvgIpc) is 3.48. The molecule has 248 valence electrons. The molecule has 0 fully saturated rings. The van der Waals surface area contributed by atoms with Crippen LogP contribution in [0.2, 0.25) is 0 Å². The van der Waals surface area contributed by atoms with Gasteiger partial charge in [-0.25, -0.2) is 0 Å². The lowest BCUT2D eigenvalue weighted by Crippen LogP contribution is -2.56. The number of hydrogen-bond acceptors (Lipinski definition) is 10. The smallest absolute Gasteiger partial charge is 0.251 e. The van der Waals surface area contributed by atoms with Crippen LogP contribution < -0.4 is 32.3 Å². The molecule has 15 heteroatoms. The number of fused-ring (bicyclic) bond motifs is 1. The van der Waals surface area contributed by atoms with Gasteiger partial charge in [0, 0.05) is 17.5 Å². The van der Waals surface area contributed by atoms with Crippen molar-refractivity contribution < 1.29 is 28.8 Å². The minimum Gasteiger partial charge on any atom is -0.368 e. The maximum Gasteiger partial charge on any atom is 0.251 e. The largest absolute Gasteiger partial charge is 0.368 e. The first-order chi connectivity index (χ1) is 22.9. The maximum absolute atomic E-state index is 13.5. The van der Waals surface area contributed by atoms with Gasteiger partial charge in [-0.15, -0.1) is 5.10 Å². The van der Waals surface area contributed by atoms with Gasteiger partial charge in [-0.05, 0) is 54.0 Å². The number of benzene rings is 3. The summed E-state index contributed by atoms with van der Waals surface area (Å²) < 4.78 is 0. The van der Waals surface area contributed by atoms with Crippen molar-refractivity contribution in [1.29, 1.82) is 5.26 Å². The van der Waals surface area contributed by atoms with E-state index in [4.69, 9.17) is 16.3 Å². The number of Topliss-reactive ketones (excluding diaryl/α,β-unsaturated/α-hetero) is 1. The van der Waals surface area contributed by atoms with Crippen LogP contribution in [0.3, 0.4) is 0 Å². The fourth-order valence-electron chi connectivity index (χ4n) is 4.68. The monoisotopic (exact) mass is 653 g/mol. The first-order valence-electron chi connectivity index (χ1n) is 15.0. The summed E-state index contributed by atoms with van der Waals surface area (Å²) in [7, 11) is 0. The normalized spacial score (nSPS) is 12.8. The molecule has 1 heterocycles. The zero-order chi connectivity index (χ0) is 35.0. The first-order valence-corrected chi connectivity index (χ1v) is 15.0. The minimum atomic E-state index is -1.17. The summed E-state index contributed by atoms with van der Waals surface area (Å²) in [4.78, 5) is 70.3. The SMILES string of the molecule is CC(C)[C@H](NC(=O)c1ccc(On2nnc3ccccc32)c(C#N)c1)C(=O)N[C@@H](Cc1ccc(C(=O)[C@H](C)N)cc1)C(=O)NCC(N)=O. The molecule has 0 saturated carbocycles. The van der Waals surface area contributed by atoms with E-state index in [1.165, 1.54) is 18.2 Å². The summed E-state index contributed by atoms with van der Waals surface area (Å²) in [5.74, 6) is -3.33. The number of nitrogens with two attached hydrogens (primary N) is 2. The Morgan fingerprint density at radius 3 is 2.27 bits per heavy atom. The Bertz CT molecular complexity index is 1880. The van der Waals surface area contributed by atoms with Crippen LogP contribution in [0.25, 0.3) is 11.0 Å². The lowest BCUT2D eigenvalue weighted by Gasteiger charge is -2.25. The standard InChI is InChI=1S/C33H35N9O6/c1-18(2)29(33(47)38-25(32(46)37-17-28(36)43)14-20-8-10-21(11-9-20)30(44)19(3)35)39-31(45)22-12-13-27(23(15-22)16-34)48-42-26-7-5-4-6-24(26)40-41-42/h4-13,15,18-19,25,29H,14,17,35H2,1-3H3,(H2,36,43)(H,37,46)(H,38,47)(H,39,45)/t19-,25-,29-/m0/s1. The number of rotatable bonds is 14. The number of nitrogens with one attached hydrogen (secondary N) is 3. The quantitative estimate of drug-likeness (QED) is 0.120. The second-order valence-electron chi connectivity index (χ2n) is 11.4. The van der Waals surface area contributed by atoms with Crippen molar-refractivity contribution in [2.24, 2.45) is 17.4 Å². The van der Waals surface area contributed by atoms with Gasteiger partial charge in [-0.3, -0.25) is 24.0 Å². The Kier molecular flexibility index (Phi) is 11.2. The number of hydrogen-bond donors (Lipinski definition) is 5. The van der Waals surface area contributed by atoms with Crippen molar-refractivity contribution in [3.63, 3.8) is 0 Å². The summed E-state index contributed by atoms with van der Waals surface area (Å²) >= 11 is 0. The van der Waals surface area contributed by atoms with E-state index >= 15 is 0 Å². The molecule has 3 atom stereocenters. The van der Waals surface area contributed by atoms with E-state index in [1.807, 2.05) is 6.07 Å². The first kappa shape index (κ1) is 34.7. The average molecular weight is 654 g/mol. The molecule has 48 heavy (non-hydrogen) atoms. The van der Waals surface area contributed by atoms with Crippen LogP contribution >= 0.6 is 0 Å². The molecule has 3 aromatic carbocycles. The summed E-state index contributed by atoms with van der Waals surface area (Å²) in [6.45, 7) is 4.54. The number of amides is 4. The Morgan fingerprint density at radius 1 is 0.938 bits per heavy atom. The van der Waals surface area contributed by atoms with E-state index < -0.39 is 54.2 Å². The van der Waals surface area contributed by atoms with Crippen LogP contribution in [-0.2, 0) is 20.8 Å². The Labute approximate surface area is 275 Å². The third-order valence-electron chi connectivity index (χ3n) is 7.27. The molecule has 4 amide bonds. The number of nitriles is 1. The third-order valence-corrected chi connectivity index (χ3v) is 7.27. The van der Waals surface area contributed by atoms with E-state index in [0.717, 1.165) is 4.85 Å². The van der Waals surface area contributed by atoms with Crippen LogP contribution in [0.1, 0.15) is 52.6 Å². The number of para-hydroxylation sites is 1. The zero-order valence-electron chi connectivity index (χ0n) is 26.5. The number of carbonyl (C=O) groups excluding carboxylic acids is 5. The Balaban J connectivity index is 1.50. The van der Waals surface area contributed by atoms with Gasteiger partial charge in [0.2, 0.25) is 17.7 Å². The molecule has 0 aliphatic rings. The lowest BCUT2D eigenvalue weighted by molar-refractivity contribution is -0.131. The molecule has 0 aliphatic heterocycles. The van der Waals surface area contributed by atoms with Gasteiger partial charge in [-0.1, -0.05) is 55.1 Å². The van der Waals surface area contributed by atoms with Gasteiger partial charge in [0.25, 0.3) is 5.91 Å². The van der Waals surface area contributed by atoms with Crippen LogP contribution in [-0.4, -0.2) is 69.2 Å². The molecule has 7 N–H and O–H groups in total. The highest BCUT2D eigenvalue weighted by molar-refractivity contribution is 6.00. The van der Waals surface area contributed by atoms with Crippen LogP contribution in [0.5, 0.6) is 5.75 Å². The maximum atomic E-state index is 13.5. The number of carbonyl (C=O) groups is 5. The molecule has 4 aromatic rings. The van der Waals surface area contributed by atoms with Gasteiger partial charge >= 0.3 is 0 Å². The Morgan fingerprint density at radius 2 is 1.62 bits per heavy atom. The van der Waals surface area contributed by atoms with Crippen LogP contribution in [0, 0.1) is 17.2 Å². The van der Waals surface area contributed by atoms with Gasteiger partial charge in [0.15, 0.2) is 11.5 Å². The van der Waals surface area contributed by atoms with Crippen molar-refractivity contribution >= 4 is 40.4 Å². The van der Waals surface area contributed by atoms with E-state index in [1.54, 1.807) is 69.3 Å². The molecule has 0 aliphatic carbocycles. The predicted molar refractivity (Wildman–Crippen MR) is 173 cm³/mol. The summed E-state index contributed by atoms with van der Waals surface area (Å²) in [5.41, 5.74) is 13.1. The lowest BCUT2D eigenvalue weighted by atomic mass is 9.98. The van der Waals surface area contributed by atoms with Gasteiger partial charge in [0.05, 0.1) is 18.2 Å². The highest BCUT2D eigenvalue weighted by atomic mass is 16.7. The third kappa shape index (κ3) is 8.56. The number of primary amides is 1. The van der Waals surface area contributed by atoms with E-state index in [2.05, 4.69) is 26.3 Å². The van der Waals surface area contributed by atoms with Crippen molar-refractivity contribution in [2.75, 3.05) is 6.54 Å². The molecule has 0 saturated heterocycles. The van der Waals surface area contributed by atoms with Gasteiger partial charge < -0.3 is 32.3 Å². The van der Waals surface area contributed by atoms with Crippen molar-refractivity contribution in [3.8, 4) is 11.8 Å². The predicted octanol–water partition coefficient (Wildman–Crippen LogP) is 0.758. The molecule has 15 nitrogen and oxygen atoms in total. The summed E-state index contributed by atoms with van der Waals surface area (Å²) in [6, 6.07) is 16.7. The molecular weight excluding hydrogens is 618 g/mol. The molecule has 1 aromatic heterocycles. The van der Waals surface area contributed by atoms with E-state index in [9.17, 15) is 29.2 Å². The molecule has 0 unspecified atom stereocenters.